The first-order chi connectivity index (χ1) is 11.6. The molecule has 0 radical (unpaired) electrons. The molecule has 0 N–H and O–H groups in total. The summed E-state index contributed by atoms with van der Waals surface area (Å²) in [5.74, 6) is -0.314. The fourth-order valence-corrected chi connectivity index (χ4v) is 3.85. The molecule has 0 saturated carbocycles. The Morgan fingerprint density at radius 1 is 1.38 bits per heavy atom. The number of benzene rings is 1. The van der Waals surface area contributed by atoms with E-state index in [1.54, 1.807) is 11.8 Å². The number of urea groups is 1. The van der Waals surface area contributed by atoms with Crippen molar-refractivity contribution >= 4 is 38.7 Å². The quantitative estimate of drug-likeness (QED) is 0.778. The third-order valence-electron chi connectivity index (χ3n) is 4.16. The monoisotopic (exact) mass is 347 g/mol. The Morgan fingerprint density at radius 2 is 2.17 bits per heavy atom. The van der Waals surface area contributed by atoms with Crippen molar-refractivity contribution in [1.82, 2.24) is 9.88 Å². The Hall–Kier alpha value is -2.15. The van der Waals surface area contributed by atoms with Crippen molar-refractivity contribution < 1.29 is 14.3 Å². The zero-order valence-corrected chi connectivity index (χ0v) is 14.9. The lowest BCUT2D eigenvalue weighted by Gasteiger charge is -2.19. The average Bonchev–Trinajstić information content (AvgIpc) is 3.14. The molecule has 7 heteroatoms. The maximum atomic E-state index is 12.7. The summed E-state index contributed by atoms with van der Waals surface area (Å²) in [6.45, 7) is 6.68. The molecule has 1 aliphatic rings. The van der Waals surface area contributed by atoms with E-state index in [1.807, 2.05) is 25.1 Å². The third kappa shape index (κ3) is 2.84. The molecule has 6 nitrogen and oxygen atoms in total. The number of anilines is 1. The van der Waals surface area contributed by atoms with Crippen LogP contribution in [0.25, 0.3) is 10.2 Å². The number of hydrogen-bond acceptors (Lipinski definition) is 5. The van der Waals surface area contributed by atoms with Gasteiger partial charge in [-0.1, -0.05) is 37.3 Å². The van der Waals surface area contributed by atoms with Gasteiger partial charge in [-0.05, 0) is 25.0 Å². The fraction of sp³-hybridized carbons (Fsp3) is 0.471. The highest BCUT2D eigenvalue weighted by molar-refractivity contribution is 7.22. The summed E-state index contributed by atoms with van der Waals surface area (Å²) < 4.78 is 6.51. The minimum atomic E-state index is -0.615. The van der Waals surface area contributed by atoms with Gasteiger partial charge in [0.1, 0.15) is 0 Å². The van der Waals surface area contributed by atoms with Gasteiger partial charge in [0.15, 0.2) is 5.13 Å². The molecule has 1 aliphatic heterocycles. The zero-order chi connectivity index (χ0) is 17.3. The van der Waals surface area contributed by atoms with E-state index in [0.717, 1.165) is 22.2 Å². The highest BCUT2D eigenvalue weighted by Crippen LogP contribution is 2.34. The van der Waals surface area contributed by atoms with Gasteiger partial charge in [-0.15, -0.1) is 0 Å². The second-order valence-corrected chi connectivity index (χ2v) is 6.61. The van der Waals surface area contributed by atoms with E-state index in [9.17, 15) is 9.59 Å². The molecule has 0 spiro atoms. The summed E-state index contributed by atoms with van der Waals surface area (Å²) in [4.78, 5) is 32.3. The first-order valence-corrected chi connectivity index (χ1v) is 9.06. The standard InChI is InChI=1S/C17H21N3O3S/c1-4-11-8-7-9-12-15(11)18-16(24-12)20-13(23-14(21)5-2)10-19(6-3)17(20)22/h7-9,13H,4-6,10H2,1-3H3. The van der Waals surface area contributed by atoms with Gasteiger partial charge in [-0.3, -0.25) is 4.79 Å². The molecule has 2 aromatic rings. The molecule has 1 unspecified atom stereocenters. The summed E-state index contributed by atoms with van der Waals surface area (Å²) in [6, 6.07) is 5.89. The summed E-state index contributed by atoms with van der Waals surface area (Å²) in [5.41, 5.74) is 2.07. The van der Waals surface area contributed by atoms with Gasteiger partial charge in [-0.25, -0.2) is 14.7 Å². The number of likely N-dealkylation sites (N-methyl/N-ethyl adjacent to an activating group) is 1. The van der Waals surface area contributed by atoms with E-state index in [2.05, 4.69) is 11.9 Å². The number of ether oxygens (including phenoxy) is 1. The molecule has 1 aromatic heterocycles. The van der Waals surface area contributed by atoms with Gasteiger partial charge in [0.05, 0.1) is 16.8 Å². The summed E-state index contributed by atoms with van der Waals surface area (Å²) >= 11 is 1.45. The lowest BCUT2D eigenvalue weighted by Crippen LogP contribution is -2.37. The lowest BCUT2D eigenvalue weighted by molar-refractivity contribution is -0.147. The second-order valence-electron chi connectivity index (χ2n) is 5.60. The van der Waals surface area contributed by atoms with Crippen LogP contribution >= 0.6 is 11.3 Å². The number of para-hydroxylation sites is 1. The van der Waals surface area contributed by atoms with Gasteiger partial charge in [0.2, 0.25) is 6.23 Å². The van der Waals surface area contributed by atoms with Gasteiger partial charge < -0.3 is 9.64 Å². The van der Waals surface area contributed by atoms with E-state index < -0.39 is 6.23 Å². The normalized spacial score (nSPS) is 17.8. The molecule has 1 aromatic carbocycles. The van der Waals surface area contributed by atoms with E-state index in [1.165, 1.54) is 16.2 Å². The van der Waals surface area contributed by atoms with Crippen LogP contribution in [-0.2, 0) is 16.0 Å². The number of esters is 1. The molecule has 3 rings (SSSR count). The number of carbonyl (C=O) groups excluding carboxylic acids is 2. The van der Waals surface area contributed by atoms with Crippen molar-refractivity contribution in [1.29, 1.82) is 0 Å². The third-order valence-corrected chi connectivity index (χ3v) is 5.18. The number of aromatic nitrogens is 1. The number of aryl methyl sites for hydroxylation is 1. The number of carbonyl (C=O) groups is 2. The van der Waals surface area contributed by atoms with Crippen molar-refractivity contribution in [2.45, 2.75) is 39.8 Å². The Labute approximate surface area is 145 Å². The number of amides is 2. The van der Waals surface area contributed by atoms with Gasteiger partial charge >= 0.3 is 12.0 Å². The fourth-order valence-electron chi connectivity index (χ4n) is 2.80. The second kappa shape index (κ2) is 6.76. The molecular weight excluding hydrogens is 326 g/mol. The maximum Gasteiger partial charge on any atom is 0.329 e. The van der Waals surface area contributed by atoms with Crippen LogP contribution in [0.2, 0.25) is 0 Å². The highest BCUT2D eigenvalue weighted by atomic mass is 32.1. The molecule has 2 heterocycles. The van der Waals surface area contributed by atoms with Crippen molar-refractivity contribution in [2.75, 3.05) is 18.0 Å². The maximum absolute atomic E-state index is 12.7. The molecular formula is C17H21N3O3S. The van der Waals surface area contributed by atoms with Crippen LogP contribution in [0.4, 0.5) is 9.93 Å². The Morgan fingerprint density at radius 3 is 2.83 bits per heavy atom. The SMILES string of the molecule is CCC(=O)OC1CN(CC)C(=O)N1c1nc2c(CC)cccc2s1. The number of hydrogen-bond donors (Lipinski definition) is 0. The van der Waals surface area contributed by atoms with Crippen molar-refractivity contribution in [3.63, 3.8) is 0 Å². The lowest BCUT2D eigenvalue weighted by atomic mass is 10.1. The molecule has 1 fully saturated rings. The predicted octanol–water partition coefficient (Wildman–Crippen LogP) is 3.40. The van der Waals surface area contributed by atoms with Crippen molar-refractivity contribution in [3.05, 3.63) is 23.8 Å². The minimum absolute atomic E-state index is 0.163. The first-order valence-electron chi connectivity index (χ1n) is 8.25. The summed E-state index contributed by atoms with van der Waals surface area (Å²) in [5, 5.41) is 0.584. The minimum Gasteiger partial charge on any atom is -0.439 e. The molecule has 0 bridgehead atoms. The smallest absolute Gasteiger partial charge is 0.329 e. The number of thiazole rings is 1. The highest BCUT2D eigenvalue weighted by Gasteiger charge is 2.41. The topological polar surface area (TPSA) is 62.7 Å². The van der Waals surface area contributed by atoms with E-state index >= 15 is 0 Å². The zero-order valence-electron chi connectivity index (χ0n) is 14.1. The first kappa shape index (κ1) is 16.7. The molecule has 24 heavy (non-hydrogen) atoms. The van der Waals surface area contributed by atoms with Gasteiger partial charge in [0.25, 0.3) is 0 Å². The predicted molar refractivity (Wildman–Crippen MR) is 94.3 cm³/mol. The van der Waals surface area contributed by atoms with Crippen molar-refractivity contribution in [2.24, 2.45) is 0 Å². The summed E-state index contributed by atoms with van der Waals surface area (Å²) in [6.07, 6.45) is 0.546. The molecule has 2 amide bonds. The Bertz CT molecular complexity index is 774. The largest absolute Gasteiger partial charge is 0.439 e. The van der Waals surface area contributed by atoms with Crippen LogP contribution in [0.3, 0.4) is 0 Å². The van der Waals surface area contributed by atoms with Gasteiger partial charge in [0, 0.05) is 13.0 Å². The molecule has 0 aliphatic carbocycles. The number of rotatable bonds is 5. The Kier molecular flexibility index (Phi) is 4.71. The van der Waals surface area contributed by atoms with Crippen molar-refractivity contribution in [3.8, 4) is 0 Å². The summed E-state index contributed by atoms with van der Waals surface area (Å²) in [7, 11) is 0. The van der Waals surface area contributed by atoms with Crippen LogP contribution in [0.15, 0.2) is 18.2 Å². The molecule has 1 atom stereocenters. The van der Waals surface area contributed by atoms with Crippen LogP contribution in [0.1, 0.15) is 32.8 Å². The van der Waals surface area contributed by atoms with Gasteiger partial charge in [-0.2, -0.15) is 0 Å². The van der Waals surface area contributed by atoms with Crippen LogP contribution in [0, 0.1) is 0 Å². The van der Waals surface area contributed by atoms with Crippen LogP contribution < -0.4 is 4.90 Å². The van der Waals surface area contributed by atoms with Crippen LogP contribution in [-0.4, -0.2) is 41.2 Å². The average molecular weight is 347 g/mol. The Balaban J connectivity index is 2.00. The van der Waals surface area contributed by atoms with E-state index in [4.69, 9.17) is 4.74 Å². The molecule has 128 valence electrons. The van der Waals surface area contributed by atoms with E-state index in [0.29, 0.717) is 18.2 Å². The number of nitrogens with zero attached hydrogens (tertiary/aromatic N) is 3. The number of fused-ring (bicyclic) bond motifs is 1. The van der Waals surface area contributed by atoms with E-state index in [-0.39, 0.29) is 18.4 Å². The van der Waals surface area contributed by atoms with Crippen LogP contribution in [0.5, 0.6) is 0 Å². The molecule has 1 saturated heterocycles.